The molecule has 0 saturated carbocycles. The van der Waals surface area contributed by atoms with E-state index in [1.807, 2.05) is 18.2 Å². The number of hydrogen-bond acceptors (Lipinski definition) is 2. The fourth-order valence-corrected chi connectivity index (χ4v) is 2.97. The fourth-order valence-electron chi connectivity index (χ4n) is 2.97. The Morgan fingerprint density at radius 3 is 3.00 bits per heavy atom. The highest BCUT2D eigenvalue weighted by atomic mass is 16.5. The zero-order valence-electron chi connectivity index (χ0n) is 10.5. The van der Waals surface area contributed by atoms with Crippen molar-refractivity contribution in [2.45, 2.75) is 38.0 Å². The van der Waals surface area contributed by atoms with Gasteiger partial charge in [-0.05, 0) is 49.3 Å². The molecule has 1 aliphatic heterocycles. The molecule has 94 valence electrons. The summed E-state index contributed by atoms with van der Waals surface area (Å²) in [5.74, 6) is 1.85. The van der Waals surface area contributed by atoms with Gasteiger partial charge in [0.2, 0.25) is 0 Å². The number of carbonyl (C=O) groups excluding carboxylic acids is 1. The average Bonchev–Trinajstić information content (AvgIpc) is 2.39. The number of ketones is 1. The summed E-state index contributed by atoms with van der Waals surface area (Å²) < 4.78 is 5.68. The van der Waals surface area contributed by atoms with Gasteiger partial charge in [-0.2, -0.15) is 0 Å². The molecule has 0 fully saturated rings. The van der Waals surface area contributed by atoms with Crippen LogP contribution < -0.4 is 4.74 Å². The molecule has 0 saturated heterocycles. The van der Waals surface area contributed by atoms with Gasteiger partial charge in [-0.1, -0.05) is 23.8 Å². The number of rotatable bonds is 2. The molecule has 2 heteroatoms. The van der Waals surface area contributed by atoms with Gasteiger partial charge in [-0.15, -0.1) is 0 Å². The van der Waals surface area contributed by atoms with Crippen LogP contribution in [0.4, 0.5) is 0 Å². The Labute approximate surface area is 108 Å². The van der Waals surface area contributed by atoms with Crippen molar-refractivity contribution < 1.29 is 9.53 Å². The van der Waals surface area contributed by atoms with Gasteiger partial charge in [0.05, 0.1) is 6.61 Å². The normalized spacial score (nSPS) is 23.0. The van der Waals surface area contributed by atoms with Gasteiger partial charge in [-0.3, -0.25) is 4.79 Å². The summed E-state index contributed by atoms with van der Waals surface area (Å²) in [5.41, 5.74) is 2.63. The monoisotopic (exact) mass is 242 g/mol. The summed E-state index contributed by atoms with van der Waals surface area (Å²) in [4.78, 5) is 11.5. The van der Waals surface area contributed by atoms with E-state index in [1.165, 1.54) is 11.1 Å². The van der Waals surface area contributed by atoms with Crippen molar-refractivity contribution in [1.29, 1.82) is 0 Å². The molecule has 1 heterocycles. The minimum atomic E-state index is 0.302. The van der Waals surface area contributed by atoms with Crippen LogP contribution in [0.15, 0.2) is 35.9 Å². The van der Waals surface area contributed by atoms with Gasteiger partial charge in [-0.25, -0.2) is 0 Å². The molecular formula is C16H18O2. The van der Waals surface area contributed by atoms with Crippen molar-refractivity contribution >= 4 is 5.78 Å². The smallest absolute Gasteiger partial charge is 0.155 e. The maximum Gasteiger partial charge on any atom is 0.155 e. The molecule has 1 unspecified atom stereocenters. The molecule has 2 nitrogen and oxygen atoms in total. The topological polar surface area (TPSA) is 26.3 Å². The van der Waals surface area contributed by atoms with Gasteiger partial charge in [0, 0.05) is 6.42 Å². The molecule has 3 rings (SSSR count). The maximum absolute atomic E-state index is 11.5. The van der Waals surface area contributed by atoms with Crippen LogP contribution in [0.3, 0.4) is 0 Å². The Kier molecular flexibility index (Phi) is 3.18. The lowest BCUT2D eigenvalue weighted by molar-refractivity contribution is -0.115. The largest absolute Gasteiger partial charge is 0.493 e. The summed E-state index contributed by atoms with van der Waals surface area (Å²) in [6, 6.07) is 8.29. The predicted molar refractivity (Wildman–Crippen MR) is 70.9 cm³/mol. The Hall–Kier alpha value is -1.57. The highest BCUT2D eigenvalue weighted by molar-refractivity contribution is 5.91. The van der Waals surface area contributed by atoms with Gasteiger partial charge in [0.15, 0.2) is 5.78 Å². The zero-order chi connectivity index (χ0) is 12.4. The first-order chi connectivity index (χ1) is 8.83. The number of para-hydroxylation sites is 1. The SMILES string of the molecule is O=C1C=C(CC2CCOc3ccccc32)CCC1. The number of allylic oxidation sites excluding steroid dienone is 2. The van der Waals surface area contributed by atoms with Crippen LogP contribution >= 0.6 is 0 Å². The van der Waals surface area contributed by atoms with Crippen LogP contribution in [0.2, 0.25) is 0 Å². The quantitative estimate of drug-likeness (QED) is 0.791. The number of fused-ring (bicyclic) bond motifs is 1. The second kappa shape index (κ2) is 4.97. The molecule has 18 heavy (non-hydrogen) atoms. The third-order valence-corrected chi connectivity index (χ3v) is 3.88. The fraction of sp³-hybridized carbons (Fsp3) is 0.438. The minimum absolute atomic E-state index is 0.302. The van der Waals surface area contributed by atoms with Crippen molar-refractivity contribution in [3.8, 4) is 5.75 Å². The summed E-state index contributed by atoms with van der Waals surface area (Å²) in [6.07, 6.45) is 6.80. The summed E-state index contributed by atoms with van der Waals surface area (Å²) in [7, 11) is 0. The third-order valence-electron chi connectivity index (χ3n) is 3.88. The molecule has 1 aromatic carbocycles. The molecule has 0 N–H and O–H groups in total. The molecule has 0 spiro atoms. The second-order valence-electron chi connectivity index (χ2n) is 5.20. The van der Waals surface area contributed by atoms with Gasteiger partial charge >= 0.3 is 0 Å². The van der Waals surface area contributed by atoms with E-state index in [0.717, 1.165) is 44.5 Å². The Balaban J connectivity index is 1.80. The van der Waals surface area contributed by atoms with E-state index in [-0.39, 0.29) is 0 Å². The van der Waals surface area contributed by atoms with Gasteiger partial charge in [0.1, 0.15) is 5.75 Å². The summed E-state index contributed by atoms with van der Waals surface area (Å²) >= 11 is 0. The van der Waals surface area contributed by atoms with E-state index >= 15 is 0 Å². The Morgan fingerprint density at radius 1 is 1.22 bits per heavy atom. The van der Waals surface area contributed by atoms with E-state index in [9.17, 15) is 4.79 Å². The number of ether oxygens (including phenoxy) is 1. The molecule has 0 amide bonds. The van der Waals surface area contributed by atoms with Crippen LogP contribution in [-0.2, 0) is 4.79 Å². The van der Waals surface area contributed by atoms with E-state index in [2.05, 4.69) is 12.1 Å². The number of benzene rings is 1. The van der Waals surface area contributed by atoms with E-state index in [4.69, 9.17) is 4.74 Å². The molecule has 1 aromatic rings. The molecule has 1 atom stereocenters. The molecule has 2 aliphatic rings. The lowest BCUT2D eigenvalue weighted by atomic mass is 9.84. The van der Waals surface area contributed by atoms with E-state index in [1.54, 1.807) is 0 Å². The predicted octanol–water partition coefficient (Wildman–Crippen LogP) is 3.62. The van der Waals surface area contributed by atoms with Crippen molar-refractivity contribution in [1.82, 2.24) is 0 Å². The van der Waals surface area contributed by atoms with Crippen molar-refractivity contribution in [3.05, 3.63) is 41.5 Å². The molecule has 1 aliphatic carbocycles. The van der Waals surface area contributed by atoms with Crippen LogP contribution in [0.1, 0.15) is 43.6 Å². The number of hydrogen-bond donors (Lipinski definition) is 0. The van der Waals surface area contributed by atoms with Gasteiger partial charge in [0.25, 0.3) is 0 Å². The highest BCUT2D eigenvalue weighted by Gasteiger charge is 2.23. The van der Waals surface area contributed by atoms with Crippen LogP contribution in [0.25, 0.3) is 0 Å². The van der Waals surface area contributed by atoms with E-state index < -0.39 is 0 Å². The van der Waals surface area contributed by atoms with Gasteiger partial charge < -0.3 is 4.74 Å². The highest BCUT2D eigenvalue weighted by Crippen LogP contribution is 2.38. The van der Waals surface area contributed by atoms with Crippen molar-refractivity contribution in [2.75, 3.05) is 6.61 Å². The van der Waals surface area contributed by atoms with E-state index in [0.29, 0.717) is 11.7 Å². The summed E-state index contributed by atoms with van der Waals surface area (Å²) in [6.45, 7) is 0.795. The lowest BCUT2D eigenvalue weighted by Gasteiger charge is -2.27. The lowest BCUT2D eigenvalue weighted by Crippen LogP contribution is -2.15. The van der Waals surface area contributed by atoms with Crippen LogP contribution in [0.5, 0.6) is 5.75 Å². The minimum Gasteiger partial charge on any atom is -0.493 e. The first-order valence-corrected chi connectivity index (χ1v) is 6.77. The molecule has 0 aromatic heterocycles. The van der Waals surface area contributed by atoms with Crippen molar-refractivity contribution in [3.63, 3.8) is 0 Å². The average molecular weight is 242 g/mol. The molecule has 0 bridgehead atoms. The van der Waals surface area contributed by atoms with Crippen molar-refractivity contribution in [2.24, 2.45) is 0 Å². The number of carbonyl (C=O) groups is 1. The third kappa shape index (κ3) is 2.33. The molecule has 0 radical (unpaired) electrons. The standard InChI is InChI=1S/C16H18O2/c17-14-5-3-4-12(11-14)10-13-8-9-18-16-7-2-1-6-15(13)16/h1-2,6-7,11,13H,3-5,8-10H2. The Morgan fingerprint density at radius 2 is 2.11 bits per heavy atom. The maximum atomic E-state index is 11.5. The zero-order valence-corrected chi connectivity index (χ0v) is 10.5. The first kappa shape index (κ1) is 11.5. The second-order valence-corrected chi connectivity index (χ2v) is 5.20. The first-order valence-electron chi connectivity index (χ1n) is 6.77. The summed E-state index contributed by atoms with van der Waals surface area (Å²) in [5, 5.41) is 0. The Bertz CT molecular complexity index is 488. The molecular weight excluding hydrogens is 224 g/mol. The van der Waals surface area contributed by atoms with Crippen LogP contribution in [0, 0.1) is 0 Å². The van der Waals surface area contributed by atoms with Crippen LogP contribution in [-0.4, -0.2) is 12.4 Å².